The number of methoxy groups -OCH3 is 2. The highest BCUT2D eigenvalue weighted by molar-refractivity contribution is 5.81. The van der Waals surface area contributed by atoms with Gasteiger partial charge in [-0.2, -0.15) is 0 Å². The SMILES string of the molecule is COCCN=C(CC(C)COC)NN. The van der Waals surface area contributed by atoms with Crippen LogP contribution in [0.25, 0.3) is 0 Å². The second-order valence-electron chi connectivity index (χ2n) is 3.23. The standard InChI is InChI=1S/C9H21N3O2/c1-8(7-14-3)6-9(12-10)11-4-5-13-2/h8H,4-7,10H2,1-3H3,(H,11,12). The second-order valence-corrected chi connectivity index (χ2v) is 3.23. The Morgan fingerprint density at radius 3 is 2.64 bits per heavy atom. The van der Waals surface area contributed by atoms with Gasteiger partial charge in [0.15, 0.2) is 0 Å². The van der Waals surface area contributed by atoms with Gasteiger partial charge in [0.05, 0.1) is 13.2 Å². The van der Waals surface area contributed by atoms with Crippen molar-refractivity contribution in [2.24, 2.45) is 16.8 Å². The fourth-order valence-electron chi connectivity index (χ4n) is 1.11. The molecule has 84 valence electrons. The molecule has 0 radical (unpaired) electrons. The molecule has 0 aromatic heterocycles. The molecule has 3 N–H and O–H groups in total. The first-order chi connectivity index (χ1) is 6.74. The van der Waals surface area contributed by atoms with Gasteiger partial charge in [0, 0.05) is 27.2 Å². The van der Waals surface area contributed by atoms with Crippen LogP contribution in [0, 0.1) is 5.92 Å². The number of hydrogen-bond acceptors (Lipinski definition) is 4. The van der Waals surface area contributed by atoms with E-state index in [0.717, 1.165) is 12.3 Å². The molecule has 0 heterocycles. The Morgan fingerprint density at radius 1 is 1.43 bits per heavy atom. The van der Waals surface area contributed by atoms with E-state index in [0.29, 0.717) is 25.7 Å². The van der Waals surface area contributed by atoms with Crippen LogP contribution in [0.5, 0.6) is 0 Å². The van der Waals surface area contributed by atoms with Gasteiger partial charge in [0.25, 0.3) is 0 Å². The molecular formula is C9H21N3O2. The summed E-state index contributed by atoms with van der Waals surface area (Å²) in [5.74, 6) is 6.55. The van der Waals surface area contributed by atoms with Crippen LogP contribution in [0.4, 0.5) is 0 Å². The van der Waals surface area contributed by atoms with Crippen LogP contribution in [-0.4, -0.2) is 39.8 Å². The molecule has 1 atom stereocenters. The fourth-order valence-corrected chi connectivity index (χ4v) is 1.11. The van der Waals surface area contributed by atoms with Crippen molar-refractivity contribution < 1.29 is 9.47 Å². The Bertz CT molecular complexity index is 162. The zero-order valence-corrected chi connectivity index (χ0v) is 9.25. The molecule has 0 aliphatic heterocycles. The maximum Gasteiger partial charge on any atom is 0.111 e. The predicted octanol–water partition coefficient (Wildman–Crippen LogP) is 0.167. The van der Waals surface area contributed by atoms with Crippen LogP contribution in [-0.2, 0) is 9.47 Å². The van der Waals surface area contributed by atoms with Crippen LogP contribution in [0.2, 0.25) is 0 Å². The van der Waals surface area contributed by atoms with Crippen molar-refractivity contribution in [3.05, 3.63) is 0 Å². The Kier molecular flexibility index (Phi) is 8.51. The normalized spacial score (nSPS) is 14.1. The van der Waals surface area contributed by atoms with Crippen LogP contribution in [0.15, 0.2) is 4.99 Å². The van der Waals surface area contributed by atoms with E-state index in [1.165, 1.54) is 0 Å². The van der Waals surface area contributed by atoms with Crippen LogP contribution in [0.3, 0.4) is 0 Å². The summed E-state index contributed by atoms with van der Waals surface area (Å²) < 4.78 is 9.92. The van der Waals surface area contributed by atoms with Crippen molar-refractivity contribution in [2.75, 3.05) is 34.0 Å². The molecule has 0 aromatic carbocycles. The molecule has 0 amide bonds. The number of nitrogens with two attached hydrogens (primary N) is 1. The molecule has 0 saturated heterocycles. The Morgan fingerprint density at radius 2 is 2.14 bits per heavy atom. The largest absolute Gasteiger partial charge is 0.384 e. The maximum absolute atomic E-state index is 5.34. The van der Waals surface area contributed by atoms with Gasteiger partial charge in [-0.15, -0.1) is 0 Å². The number of amidine groups is 1. The number of rotatable bonds is 7. The molecule has 0 fully saturated rings. The molecule has 0 aromatic rings. The van der Waals surface area contributed by atoms with Gasteiger partial charge in [-0.1, -0.05) is 6.92 Å². The molecule has 0 rings (SSSR count). The van der Waals surface area contributed by atoms with E-state index in [-0.39, 0.29) is 0 Å². The highest BCUT2D eigenvalue weighted by Gasteiger charge is 2.05. The van der Waals surface area contributed by atoms with Gasteiger partial charge >= 0.3 is 0 Å². The van der Waals surface area contributed by atoms with E-state index in [2.05, 4.69) is 17.3 Å². The summed E-state index contributed by atoms with van der Waals surface area (Å²) in [5.41, 5.74) is 2.59. The highest BCUT2D eigenvalue weighted by atomic mass is 16.5. The average molecular weight is 203 g/mol. The third-order valence-electron chi connectivity index (χ3n) is 1.76. The molecule has 5 nitrogen and oxygen atoms in total. The summed E-state index contributed by atoms with van der Waals surface area (Å²) >= 11 is 0. The molecule has 0 saturated carbocycles. The summed E-state index contributed by atoms with van der Waals surface area (Å²) in [6.07, 6.45) is 0.800. The maximum atomic E-state index is 5.34. The number of aliphatic imine (C=N–C) groups is 1. The third kappa shape index (κ3) is 6.82. The van der Waals surface area contributed by atoms with Gasteiger partial charge in [-0.25, -0.2) is 5.84 Å². The number of ether oxygens (including phenoxy) is 2. The third-order valence-corrected chi connectivity index (χ3v) is 1.76. The van der Waals surface area contributed by atoms with Crippen LogP contribution < -0.4 is 11.3 Å². The topological polar surface area (TPSA) is 68.9 Å². The summed E-state index contributed by atoms with van der Waals surface area (Å²) in [7, 11) is 3.34. The smallest absolute Gasteiger partial charge is 0.111 e. The Labute approximate surface area is 85.6 Å². The zero-order chi connectivity index (χ0) is 10.8. The number of nitrogens with zero attached hydrogens (tertiary/aromatic N) is 1. The number of hydrazine groups is 1. The van der Waals surface area contributed by atoms with Gasteiger partial charge in [-0.05, 0) is 5.92 Å². The molecule has 0 spiro atoms. The molecule has 1 unspecified atom stereocenters. The molecule has 0 bridgehead atoms. The molecule has 0 aliphatic carbocycles. The molecule has 14 heavy (non-hydrogen) atoms. The van der Waals surface area contributed by atoms with E-state index in [4.69, 9.17) is 15.3 Å². The van der Waals surface area contributed by atoms with E-state index in [1.54, 1.807) is 14.2 Å². The van der Waals surface area contributed by atoms with E-state index in [9.17, 15) is 0 Å². The van der Waals surface area contributed by atoms with E-state index in [1.807, 2.05) is 0 Å². The van der Waals surface area contributed by atoms with E-state index >= 15 is 0 Å². The molecular weight excluding hydrogens is 182 g/mol. The van der Waals surface area contributed by atoms with Gasteiger partial charge in [0.1, 0.15) is 5.84 Å². The monoisotopic (exact) mass is 203 g/mol. The lowest BCUT2D eigenvalue weighted by Gasteiger charge is -2.11. The van der Waals surface area contributed by atoms with Crippen molar-refractivity contribution in [2.45, 2.75) is 13.3 Å². The zero-order valence-electron chi connectivity index (χ0n) is 9.25. The van der Waals surface area contributed by atoms with Crippen molar-refractivity contribution in [3.8, 4) is 0 Å². The first kappa shape index (κ1) is 13.4. The predicted molar refractivity (Wildman–Crippen MR) is 57.2 cm³/mol. The van der Waals surface area contributed by atoms with E-state index < -0.39 is 0 Å². The first-order valence-corrected chi connectivity index (χ1v) is 4.72. The van der Waals surface area contributed by atoms with Crippen molar-refractivity contribution >= 4 is 5.84 Å². The molecule has 5 heteroatoms. The quantitative estimate of drug-likeness (QED) is 0.203. The first-order valence-electron chi connectivity index (χ1n) is 4.72. The highest BCUT2D eigenvalue weighted by Crippen LogP contribution is 2.02. The van der Waals surface area contributed by atoms with Crippen molar-refractivity contribution in [1.29, 1.82) is 0 Å². The molecule has 0 aliphatic rings. The van der Waals surface area contributed by atoms with Gasteiger partial charge in [0.2, 0.25) is 0 Å². The number of hydrogen-bond donors (Lipinski definition) is 2. The van der Waals surface area contributed by atoms with Crippen molar-refractivity contribution in [1.82, 2.24) is 5.43 Å². The Hall–Kier alpha value is -0.650. The summed E-state index contributed by atoms with van der Waals surface area (Å²) in [6, 6.07) is 0. The lowest BCUT2D eigenvalue weighted by molar-refractivity contribution is 0.162. The lowest BCUT2D eigenvalue weighted by atomic mass is 10.1. The minimum Gasteiger partial charge on any atom is -0.384 e. The van der Waals surface area contributed by atoms with Crippen LogP contribution in [0.1, 0.15) is 13.3 Å². The van der Waals surface area contributed by atoms with Gasteiger partial charge < -0.3 is 14.9 Å². The Balaban J connectivity index is 3.81. The summed E-state index contributed by atoms with van der Waals surface area (Å²) in [6.45, 7) is 4.05. The minimum atomic E-state index is 0.414. The lowest BCUT2D eigenvalue weighted by Crippen LogP contribution is -2.32. The average Bonchev–Trinajstić information content (AvgIpc) is 2.17. The van der Waals surface area contributed by atoms with Crippen molar-refractivity contribution in [3.63, 3.8) is 0 Å². The van der Waals surface area contributed by atoms with Gasteiger partial charge in [-0.3, -0.25) is 4.99 Å². The fraction of sp³-hybridized carbons (Fsp3) is 0.889. The summed E-state index contributed by atoms with van der Waals surface area (Å²) in [4.78, 5) is 4.25. The number of nitrogens with one attached hydrogen (secondary N) is 1. The summed E-state index contributed by atoms with van der Waals surface area (Å²) in [5, 5.41) is 0. The second kappa shape index (κ2) is 8.93. The minimum absolute atomic E-state index is 0.414. The van der Waals surface area contributed by atoms with Crippen LogP contribution >= 0.6 is 0 Å².